The van der Waals surface area contributed by atoms with E-state index < -0.39 is 0 Å². The number of halogens is 1. The SMILES string of the molecule is C/C=C/c1ccccc1CN(C)Cc1ccccc1I. The zero-order chi connectivity index (χ0) is 14.4. The molecular weight excluding hydrogens is 357 g/mol. The van der Waals surface area contributed by atoms with Crippen LogP contribution in [0.15, 0.2) is 54.6 Å². The maximum absolute atomic E-state index is 2.41. The van der Waals surface area contributed by atoms with Crippen molar-refractivity contribution in [1.29, 1.82) is 0 Å². The molecule has 0 unspecified atom stereocenters. The van der Waals surface area contributed by atoms with Crippen LogP contribution in [-0.4, -0.2) is 11.9 Å². The Morgan fingerprint density at radius 2 is 1.55 bits per heavy atom. The van der Waals surface area contributed by atoms with Crippen LogP contribution in [0.4, 0.5) is 0 Å². The van der Waals surface area contributed by atoms with Crippen molar-refractivity contribution in [3.05, 3.63) is 74.9 Å². The molecule has 0 N–H and O–H groups in total. The lowest BCUT2D eigenvalue weighted by Crippen LogP contribution is -2.18. The summed E-state index contributed by atoms with van der Waals surface area (Å²) in [4.78, 5) is 2.36. The van der Waals surface area contributed by atoms with Gasteiger partial charge in [0.1, 0.15) is 0 Å². The van der Waals surface area contributed by atoms with E-state index in [4.69, 9.17) is 0 Å². The molecule has 0 radical (unpaired) electrons. The van der Waals surface area contributed by atoms with Crippen molar-refractivity contribution in [2.45, 2.75) is 20.0 Å². The summed E-state index contributed by atoms with van der Waals surface area (Å²) in [5.41, 5.74) is 4.07. The average molecular weight is 377 g/mol. The largest absolute Gasteiger partial charge is 0.298 e. The molecule has 0 spiro atoms. The Kier molecular flexibility index (Phi) is 5.80. The van der Waals surface area contributed by atoms with E-state index in [0.717, 1.165) is 13.1 Å². The summed E-state index contributed by atoms with van der Waals surface area (Å²) >= 11 is 2.41. The molecule has 0 aliphatic carbocycles. The molecule has 0 fully saturated rings. The monoisotopic (exact) mass is 377 g/mol. The third kappa shape index (κ3) is 4.18. The zero-order valence-corrected chi connectivity index (χ0v) is 14.2. The maximum Gasteiger partial charge on any atom is 0.0244 e. The van der Waals surface area contributed by atoms with Gasteiger partial charge in [-0.2, -0.15) is 0 Å². The smallest absolute Gasteiger partial charge is 0.0244 e. The molecule has 0 saturated carbocycles. The quantitative estimate of drug-likeness (QED) is 0.666. The Balaban J connectivity index is 2.09. The molecule has 0 aliphatic heterocycles. The Bertz CT molecular complexity index is 589. The first kappa shape index (κ1) is 15.3. The lowest BCUT2D eigenvalue weighted by molar-refractivity contribution is 0.318. The van der Waals surface area contributed by atoms with Gasteiger partial charge in [0.05, 0.1) is 0 Å². The van der Waals surface area contributed by atoms with Gasteiger partial charge < -0.3 is 0 Å². The van der Waals surface area contributed by atoms with Crippen LogP contribution in [0.5, 0.6) is 0 Å². The lowest BCUT2D eigenvalue weighted by atomic mass is 10.1. The Morgan fingerprint density at radius 1 is 0.950 bits per heavy atom. The molecule has 0 amide bonds. The van der Waals surface area contributed by atoms with E-state index in [9.17, 15) is 0 Å². The van der Waals surface area contributed by atoms with E-state index in [-0.39, 0.29) is 0 Å². The fourth-order valence-corrected chi connectivity index (χ4v) is 2.84. The highest BCUT2D eigenvalue weighted by Gasteiger charge is 2.06. The molecule has 1 nitrogen and oxygen atoms in total. The number of allylic oxidation sites excluding steroid dienone is 1. The number of rotatable bonds is 5. The number of hydrogen-bond acceptors (Lipinski definition) is 1. The van der Waals surface area contributed by atoms with Gasteiger partial charge in [-0.3, -0.25) is 4.90 Å². The van der Waals surface area contributed by atoms with Crippen molar-refractivity contribution in [3.8, 4) is 0 Å². The van der Waals surface area contributed by atoms with Crippen molar-refractivity contribution < 1.29 is 0 Å². The van der Waals surface area contributed by atoms with Gasteiger partial charge in [-0.1, -0.05) is 54.6 Å². The summed E-state index contributed by atoms with van der Waals surface area (Å²) in [5, 5.41) is 0. The standard InChI is InChI=1S/C18H20IN/c1-3-8-15-9-4-5-10-16(15)13-20(2)14-17-11-6-7-12-18(17)19/h3-12H,13-14H2,1-2H3/b8-3+. The van der Waals surface area contributed by atoms with Gasteiger partial charge in [-0.15, -0.1) is 0 Å². The van der Waals surface area contributed by atoms with Gasteiger partial charge in [0.25, 0.3) is 0 Å². The van der Waals surface area contributed by atoms with E-state index >= 15 is 0 Å². The maximum atomic E-state index is 2.41. The summed E-state index contributed by atoms with van der Waals surface area (Å²) in [6.07, 6.45) is 4.27. The third-order valence-electron chi connectivity index (χ3n) is 3.24. The molecule has 2 aromatic carbocycles. The molecule has 0 saturated heterocycles. The van der Waals surface area contributed by atoms with Crippen LogP contribution in [0.25, 0.3) is 6.08 Å². The molecule has 0 heterocycles. The first-order valence-electron chi connectivity index (χ1n) is 6.83. The normalized spacial score (nSPS) is 11.4. The molecule has 0 bridgehead atoms. The predicted octanol–water partition coefficient (Wildman–Crippen LogP) is 4.96. The van der Waals surface area contributed by atoms with Crippen LogP contribution in [0.3, 0.4) is 0 Å². The summed E-state index contributed by atoms with van der Waals surface area (Å²) in [6, 6.07) is 17.2. The average Bonchev–Trinajstić information content (AvgIpc) is 2.44. The van der Waals surface area contributed by atoms with E-state index in [1.807, 2.05) is 0 Å². The van der Waals surface area contributed by atoms with Crippen LogP contribution in [0.1, 0.15) is 23.6 Å². The molecule has 2 aromatic rings. The second-order valence-corrected chi connectivity index (χ2v) is 6.12. The molecule has 2 heteroatoms. The summed E-state index contributed by atoms with van der Waals surface area (Å²) in [5.74, 6) is 0. The van der Waals surface area contributed by atoms with E-state index in [1.165, 1.54) is 20.3 Å². The minimum Gasteiger partial charge on any atom is -0.298 e. The van der Waals surface area contributed by atoms with Gasteiger partial charge in [0, 0.05) is 16.7 Å². The Morgan fingerprint density at radius 3 is 2.25 bits per heavy atom. The Labute approximate surface area is 135 Å². The Hall–Kier alpha value is -1.13. The highest BCUT2D eigenvalue weighted by molar-refractivity contribution is 14.1. The number of hydrogen-bond donors (Lipinski definition) is 0. The second-order valence-electron chi connectivity index (χ2n) is 4.96. The van der Waals surface area contributed by atoms with Gasteiger partial charge >= 0.3 is 0 Å². The molecular formula is C18H20IN. The molecule has 20 heavy (non-hydrogen) atoms. The van der Waals surface area contributed by atoms with E-state index in [1.54, 1.807) is 0 Å². The number of nitrogens with zero attached hydrogens (tertiary/aromatic N) is 1. The molecule has 104 valence electrons. The molecule has 0 aromatic heterocycles. The highest BCUT2D eigenvalue weighted by Crippen LogP contribution is 2.17. The molecule has 0 aliphatic rings. The van der Waals surface area contributed by atoms with Crippen LogP contribution < -0.4 is 0 Å². The summed E-state index contributed by atoms with van der Waals surface area (Å²) in [6.45, 7) is 4.00. The van der Waals surface area contributed by atoms with Crippen molar-refractivity contribution in [2.75, 3.05) is 7.05 Å². The fraction of sp³-hybridized carbons (Fsp3) is 0.222. The highest BCUT2D eigenvalue weighted by atomic mass is 127. The van der Waals surface area contributed by atoms with Crippen LogP contribution >= 0.6 is 22.6 Å². The van der Waals surface area contributed by atoms with Crippen molar-refractivity contribution in [2.24, 2.45) is 0 Å². The van der Waals surface area contributed by atoms with Crippen LogP contribution in [-0.2, 0) is 13.1 Å². The van der Waals surface area contributed by atoms with Gasteiger partial charge in [-0.25, -0.2) is 0 Å². The molecule has 0 atom stereocenters. The topological polar surface area (TPSA) is 3.24 Å². The zero-order valence-electron chi connectivity index (χ0n) is 12.0. The van der Waals surface area contributed by atoms with E-state index in [0.29, 0.717) is 0 Å². The van der Waals surface area contributed by atoms with Crippen molar-refractivity contribution >= 4 is 28.7 Å². The van der Waals surface area contributed by atoms with Gasteiger partial charge in [0.15, 0.2) is 0 Å². The van der Waals surface area contributed by atoms with Crippen molar-refractivity contribution in [3.63, 3.8) is 0 Å². The first-order chi connectivity index (χ1) is 9.70. The fourth-order valence-electron chi connectivity index (χ4n) is 2.28. The van der Waals surface area contributed by atoms with Crippen LogP contribution in [0, 0.1) is 3.57 Å². The predicted molar refractivity (Wildman–Crippen MR) is 95.5 cm³/mol. The molecule has 2 rings (SSSR count). The van der Waals surface area contributed by atoms with Gasteiger partial charge in [-0.05, 0) is 59.3 Å². The van der Waals surface area contributed by atoms with Gasteiger partial charge in [0.2, 0.25) is 0 Å². The number of benzene rings is 2. The van der Waals surface area contributed by atoms with Crippen molar-refractivity contribution in [1.82, 2.24) is 4.90 Å². The van der Waals surface area contributed by atoms with Crippen LogP contribution in [0.2, 0.25) is 0 Å². The summed E-state index contributed by atoms with van der Waals surface area (Å²) < 4.78 is 1.33. The third-order valence-corrected chi connectivity index (χ3v) is 4.29. The minimum absolute atomic E-state index is 0.964. The van der Waals surface area contributed by atoms with E-state index in [2.05, 4.69) is 102 Å². The first-order valence-corrected chi connectivity index (χ1v) is 7.91. The lowest BCUT2D eigenvalue weighted by Gasteiger charge is -2.19. The minimum atomic E-state index is 0.964. The second kappa shape index (κ2) is 7.60. The summed E-state index contributed by atoms with van der Waals surface area (Å²) in [7, 11) is 2.18.